The first kappa shape index (κ1) is 27.8. The highest BCUT2D eigenvalue weighted by molar-refractivity contribution is 5.64. The fourth-order valence-electron chi connectivity index (χ4n) is 5.58. The van der Waals surface area contributed by atoms with Crippen LogP contribution in [0.25, 0.3) is 11.1 Å². The summed E-state index contributed by atoms with van der Waals surface area (Å²) in [6.07, 6.45) is 21.2. The number of hydrogen-bond acceptors (Lipinski definition) is 1. The van der Waals surface area contributed by atoms with E-state index in [1.54, 1.807) is 5.56 Å². The van der Waals surface area contributed by atoms with E-state index >= 15 is 0 Å². The Morgan fingerprint density at radius 1 is 0.686 bits per heavy atom. The molecular weight excluding hydrogens is 424 g/mol. The molecule has 0 radical (unpaired) electrons. The van der Waals surface area contributed by atoms with Crippen LogP contribution in [0.3, 0.4) is 0 Å². The van der Waals surface area contributed by atoms with E-state index in [-0.39, 0.29) is 0 Å². The Bertz CT molecular complexity index is 782. The summed E-state index contributed by atoms with van der Waals surface area (Å²) in [6, 6.07) is 18.0. The van der Waals surface area contributed by atoms with E-state index in [0.717, 1.165) is 30.6 Å². The molecule has 1 fully saturated rings. The van der Waals surface area contributed by atoms with Crippen LogP contribution in [0.1, 0.15) is 129 Å². The first-order chi connectivity index (χ1) is 17.2. The summed E-state index contributed by atoms with van der Waals surface area (Å²) in [7, 11) is 0. The van der Waals surface area contributed by atoms with Gasteiger partial charge in [0.2, 0.25) is 0 Å². The molecule has 35 heavy (non-hydrogen) atoms. The minimum atomic E-state index is 0.604. The Balaban J connectivity index is 1.33. The van der Waals surface area contributed by atoms with Gasteiger partial charge in [-0.25, -0.2) is 0 Å². The Labute approximate surface area is 217 Å². The van der Waals surface area contributed by atoms with Crippen molar-refractivity contribution in [1.82, 2.24) is 0 Å². The third kappa shape index (κ3) is 10.0. The summed E-state index contributed by atoms with van der Waals surface area (Å²) in [6.45, 7) is 7.55. The number of ether oxygens (including phenoxy) is 1. The summed E-state index contributed by atoms with van der Waals surface area (Å²) in [5.74, 6) is 3.33. The molecule has 0 spiro atoms. The van der Waals surface area contributed by atoms with Crippen molar-refractivity contribution in [1.29, 1.82) is 0 Å². The number of hydrogen-bond donors (Lipinski definition) is 0. The molecule has 1 unspecified atom stereocenters. The molecule has 1 saturated carbocycles. The summed E-state index contributed by atoms with van der Waals surface area (Å²) in [5.41, 5.74) is 4.13. The van der Waals surface area contributed by atoms with E-state index in [1.807, 2.05) is 0 Å². The third-order valence-electron chi connectivity index (χ3n) is 8.36. The maximum atomic E-state index is 5.91. The molecule has 0 heterocycles. The lowest BCUT2D eigenvalue weighted by Crippen LogP contribution is -2.13. The van der Waals surface area contributed by atoms with Crippen LogP contribution in [0.15, 0.2) is 48.5 Å². The van der Waals surface area contributed by atoms with Gasteiger partial charge in [0, 0.05) is 0 Å². The maximum absolute atomic E-state index is 5.91. The van der Waals surface area contributed by atoms with E-state index in [2.05, 4.69) is 69.3 Å². The minimum absolute atomic E-state index is 0.604. The zero-order chi connectivity index (χ0) is 24.7. The van der Waals surface area contributed by atoms with Crippen LogP contribution in [-0.4, -0.2) is 6.61 Å². The van der Waals surface area contributed by atoms with Crippen molar-refractivity contribution in [2.45, 2.75) is 123 Å². The molecular formula is C34H52O. The Kier molecular flexibility index (Phi) is 12.8. The average molecular weight is 477 g/mol. The van der Waals surface area contributed by atoms with Gasteiger partial charge in [-0.2, -0.15) is 0 Å². The zero-order valence-corrected chi connectivity index (χ0v) is 23.1. The number of unbranched alkanes of at least 4 members (excludes halogenated alkanes) is 8. The highest BCUT2D eigenvalue weighted by Gasteiger charge is 2.22. The van der Waals surface area contributed by atoms with Crippen LogP contribution in [0.2, 0.25) is 0 Å². The van der Waals surface area contributed by atoms with Gasteiger partial charge in [0.05, 0.1) is 6.61 Å². The van der Waals surface area contributed by atoms with Crippen LogP contribution in [0.5, 0.6) is 5.75 Å². The van der Waals surface area contributed by atoms with Gasteiger partial charge >= 0.3 is 0 Å². The van der Waals surface area contributed by atoms with Crippen molar-refractivity contribution in [2.75, 3.05) is 6.61 Å². The second-order valence-corrected chi connectivity index (χ2v) is 11.3. The molecule has 0 bridgehead atoms. The van der Waals surface area contributed by atoms with E-state index in [4.69, 9.17) is 4.74 Å². The van der Waals surface area contributed by atoms with E-state index < -0.39 is 0 Å². The standard InChI is InChI=1S/C34H52O/c1-4-6-7-8-9-10-11-12-13-14-29-15-17-30(18-16-29)31-19-21-32(22-20-31)33-23-25-34(26-24-33)35-27-28(3)5-2/h19-26,28-30H,4-18,27H2,1-3H3. The summed E-state index contributed by atoms with van der Waals surface area (Å²) < 4.78 is 5.91. The molecule has 1 heteroatoms. The van der Waals surface area contributed by atoms with Crippen molar-refractivity contribution in [3.8, 4) is 16.9 Å². The lowest BCUT2D eigenvalue weighted by molar-refractivity contribution is 0.256. The van der Waals surface area contributed by atoms with Crippen LogP contribution < -0.4 is 4.74 Å². The fourth-order valence-corrected chi connectivity index (χ4v) is 5.58. The van der Waals surface area contributed by atoms with Crippen LogP contribution in [0.4, 0.5) is 0 Å². The van der Waals surface area contributed by atoms with Crippen molar-refractivity contribution < 1.29 is 4.74 Å². The van der Waals surface area contributed by atoms with Crippen LogP contribution in [-0.2, 0) is 0 Å². The van der Waals surface area contributed by atoms with Gasteiger partial charge in [-0.1, -0.05) is 128 Å². The predicted molar refractivity (Wildman–Crippen MR) is 153 cm³/mol. The molecule has 1 aliphatic rings. The molecule has 0 aromatic heterocycles. The largest absolute Gasteiger partial charge is 0.493 e. The van der Waals surface area contributed by atoms with Crippen molar-refractivity contribution >= 4 is 0 Å². The summed E-state index contributed by atoms with van der Waals surface area (Å²) in [5, 5.41) is 0. The van der Waals surface area contributed by atoms with Crippen LogP contribution in [0, 0.1) is 11.8 Å². The van der Waals surface area contributed by atoms with Gasteiger partial charge in [0.1, 0.15) is 5.75 Å². The van der Waals surface area contributed by atoms with E-state index in [9.17, 15) is 0 Å². The third-order valence-corrected chi connectivity index (χ3v) is 8.36. The SMILES string of the molecule is CCCCCCCCCCCC1CCC(c2ccc(-c3ccc(OCC(C)CC)cc3)cc2)CC1. The topological polar surface area (TPSA) is 9.23 Å². The number of rotatable bonds is 16. The molecule has 2 aromatic carbocycles. The van der Waals surface area contributed by atoms with Gasteiger partial charge in [-0.15, -0.1) is 0 Å². The quantitative estimate of drug-likeness (QED) is 0.219. The molecule has 0 aliphatic heterocycles. The lowest BCUT2D eigenvalue weighted by Gasteiger charge is -2.29. The molecule has 1 aliphatic carbocycles. The van der Waals surface area contributed by atoms with Crippen molar-refractivity contribution in [3.05, 3.63) is 54.1 Å². The molecule has 0 N–H and O–H groups in total. The van der Waals surface area contributed by atoms with Gasteiger partial charge in [0.15, 0.2) is 0 Å². The first-order valence-corrected chi connectivity index (χ1v) is 15.0. The molecule has 1 nitrogen and oxygen atoms in total. The van der Waals surface area contributed by atoms with Gasteiger partial charge in [-0.05, 0) is 72.3 Å². The van der Waals surface area contributed by atoms with Crippen molar-refractivity contribution in [2.24, 2.45) is 11.8 Å². The van der Waals surface area contributed by atoms with Crippen LogP contribution >= 0.6 is 0 Å². The van der Waals surface area contributed by atoms with Crippen molar-refractivity contribution in [3.63, 3.8) is 0 Å². The fraction of sp³-hybridized carbons (Fsp3) is 0.647. The zero-order valence-electron chi connectivity index (χ0n) is 23.1. The highest BCUT2D eigenvalue weighted by Crippen LogP contribution is 2.38. The Hall–Kier alpha value is -1.76. The van der Waals surface area contributed by atoms with E-state index in [0.29, 0.717) is 5.92 Å². The monoisotopic (exact) mass is 476 g/mol. The highest BCUT2D eigenvalue weighted by atomic mass is 16.5. The normalized spacial score (nSPS) is 18.9. The van der Waals surface area contributed by atoms with E-state index in [1.165, 1.54) is 101 Å². The van der Waals surface area contributed by atoms with Gasteiger partial charge in [-0.3, -0.25) is 0 Å². The molecule has 2 aromatic rings. The second kappa shape index (κ2) is 16.1. The summed E-state index contributed by atoms with van der Waals surface area (Å²) >= 11 is 0. The van der Waals surface area contributed by atoms with Gasteiger partial charge in [0.25, 0.3) is 0 Å². The lowest BCUT2D eigenvalue weighted by atomic mass is 9.77. The smallest absolute Gasteiger partial charge is 0.119 e. The predicted octanol–water partition coefficient (Wildman–Crippen LogP) is 11.0. The summed E-state index contributed by atoms with van der Waals surface area (Å²) in [4.78, 5) is 0. The minimum Gasteiger partial charge on any atom is -0.493 e. The molecule has 0 saturated heterocycles. The Morgan fingerprint density at radius 2 is 1.23 bits per heavy atom. The average Bonchev–Trinajstić information content (AvgIpc) is 2.91. The first-order valence-electron chi connectivity index (χ1n) is 15.0. The molecule has 194 valence electrons. The molecule has 0 amide bonds. The van der Waals surface area contributed by atoms with Gasteiger partial charge < -0.3 is 4.74 Å². The molecule has 3 rings (SSSR count). The maximum Gasteiger partial charge on any atom is 0.119 e. The Morgan fingerprint density at radius 3 is 1.80 bits per heavy atom. The second-order valence-electron chi connectivity index (χ2n) is 11.3. The number of benzene rings is 2. The molecule has 1 atom stereocenters.